The Morgan fingerprint density at radius 2 is 1.93 bits per heavy atom. The van der Waals surface area contributed by atoms with Crippen LogP contribution in [-0.4, -0.2) is 52.4 Å². The van der Waals surface area contributed by atoms with Crippen molar-refractivity contribution in [3.63, 3.8) is 0 Å². The van der Waals surface area contributed by atoms with Gasteiger partial charge in [-0.15, -0.1) is 0 Å². The molecule has 2 aliphatic rings. The van der Waals surface area contributed by atoms with Crippen LogP contribution in [-0.2, 0) is 12.8 Å². The molecule has 0 N–H and O–H groups in total. The molecule has 1 amide bonds. The number of likely N-dealkylation sites (tertiary alicyclic amines) is 1. The standard InChI is InChI=1S/C23H30N4O/c1-15-9-19(10-16(2)25-15)11-18-5-8-27(14-18)17(3)20-12-21-22(24-13-20)6-7-26(4)23(21)28/h9-10,12-13,17-18H,5-8,11,14H2,1-4H3/t17-,18-/m1/s1. The molecule has 4 rings (SSSR count). The van der Waals surface area contributed by atoms with E-state index in [1.807, 2.05) is 13.2 Å². The summed E-state index contributed by atoms with van der Waals surface area (Å²) in [6.45, 7) is 9.33. The molecule has 0 radical (unpaired) electrons. The van der Waals surface area contributed by atoms with Crippen LogP contribution in [0.15, 0.2) is 24.4 Å². The molecule has 4 heterocycles. The fraction of sp³-hybridized carbons (Fsp3) is 0.522. The maximum Gasteiger partial charge on any atom is 0.255 e. The lowest BCUT2D eigenvalue weighted by Crippen LogP contribution is -2.35. The SMILES string of the molecule is Cc1cc(C[C@H]2CCN([C@H](C)c3cnc4c(c3)C(=O)N(C)CC4)C2)cc(C)n1. The van der Waals surface area contributed by atoms with Crippen LogP contribution in [0.1, 0.15) is 58.0 Å². The number of carbonyl (C=O) groups excluding carboxylic acids is 1. The lowest BCUT2D eigenvalue weighted by molar-refractivity contribution is 0.0778. The molecule has 2 aromatic rings. The molecule has 148 valence electrons. The minimum Gasteiger partial charge on any atom is -0.341 e. The molecule has 0 saturated carbocycles. The Morgan fingerprint density at radius 3 is 2.68 bits per heavy atom. The smallest absolute Gasteiger partial charge is 0.255 e. The second-order valence-corrected chi connectivity index (χ2v) is 8.53. The molecule has 2 atom stereocenters. The first-order valence-electron chi connectivity index (χ1n) is 10.3. The van der Waals surface area contributed by atoms with Gasteiger partial charge in [0.25, 0.3) is 5.91 Å². The van der Waals surface area contributed by atoms with E-state index in [1.54, 1.807) is 4.90 Å². The van der Waals surface area contributed by atoms with E-state index >= 15 is 0 Å². The number of aromatic nitrogens is 2. The first-order valence-corrected chi connectivity index (χ1v) is 10.3. The summed E-state index contributed by atoms with van der Waals surface area (Å²) in [5.41, 5.74) is 6.49. The number of aryl methyl sites for hydroxylation is 2. The molecule has 0 spiro atoms. The maximum atomic E-state index is 12.5. The Balaban J connectivity index is 1.45. The quantitative estimate of drug-likeness (QED) is 0.819. The third-order valence-electron chi connectivity index (χ3n) is 6.27. The van der Waals surface area contributed by atoms with Crippen molar-refractivity contribution in [1.82, 2.24) is 19.8 Å². The number of rotatable bonds is 4. The molecule has 28 heavy (non-hydrogen) atoms. The summed E-state index contributed by atoms with van der Waals surface area (Å²) in [7, 11) is 1.87. The number of likely N-dealkylation sites (N-methyl/N-ethyl adjacent to an activating group) is 1. The molecular formula is C23H30N4O. The van der Waals surface area contributed by atoms with Gasteiger partial charge in [0.2, 0.25) is 0 Å². The Labute approximate surface area is 167 Å². The third kappa shape index (κ3) is 3.81. The normalized spacial score (nSPS) is 21.1. The van der Waals surface area contributed by atoms with Crippen molar-refractivity contribution in [2.24, 2.45) is 5.92 Å². The molecular weight excluding hydrogens is 348 g/mol. The van der Waals surface area contributed by atoms with Gasteiger partial charge in [-0.3, -0.25) is 19.7 Å². The van der Waals surface area contributed by atoms with Gasteiger partial charge < -0.3 is 4.90 Å². The monoisotopic (exact) mass is 378 g/mol. The van der Waals surface area contributed by atoms with Gasteiger partial charge in [-0.25, -0.2) is 0 Å². The van der Waals surface area contributed by atoms with Crippen LogP contribution >= 0.6 is 0 Å². The van der Waals surface area contributed by atoms with Crippen molar-refractivity contribution >= 4 is 5.91 Å². The second-order valence-electron chi connectivity index (χ2n) is 8.53. The highest BCUT2D eigenvalue weighted by Crippen LogP contribution is 2.30. The summed E-state index contributed by atoms with van der Waals surface area (Å²) in [5, 5.41) is 0. The molecule has 1 saturated heterocycles. The first kappa shape index (κ1) is 19.1. The van der Waals surface area contributed by atoms with Crippen molar-refractivity contribution in [3.05, 3.63) is 58.2 Å². The van der Waals surface area contributed by atoms with Crippen LogP contribution < -0.4 is 0 Å². The van der Waals surface area contributed by atoms with E-state index in [1.165, 1.54) is 12.0 Å². The van der Waals surface area contributed by atoms with Crippen LogP contribution in [0.3, 0.4) is 0 Å². The van der Waals surface area contributed by atoms with Gasteiger partial charge in [-0.05, 0) is 75.4 Å². The zero-order valence-corrected chi connectivity index (χ0v) is 17.4. The number of hydrogen-bond donors (Lipinski definition) is 0. The topological polar surface area (TPSA) is 49.3 Å². The molecule has 0 aromatic carbocycles. The average molecular weight is 379 g/mol. The summed E-state index contributed by atoms with van der Waals surface area (Å²) < 4.78 is 0. The minimum absolute atomic E-state index is 0.102. The predicted molar refractivity (Wildman–Crippen MR) is 110 cm³/mol. The van der Waals surface area contributed by atoms with E-state index in [4.69, 9.17) is 0 Å². The van der Waals surface area contributed by atoms with Crippen molar-refractivity contribution in [1.29, 1.82) is 0 Å². The lowest BCUT2D eigenvalue weighted by atomic mass is 9.98. The molecule has 2 aromatic heterocycles. The van der Waals surface area contributed by atoms with Gasteiger partial charge >= 0.3 is 0 Å². The van der Waals surface area contributed by atoms with E-state index in [9.17, 15) is 4.79 Å². The fourth-order valence-corrected chi connectivity index (χ4v) is 4.67. The van der Waals surface area contributed by atoms with Gasteiger partial charge in [0.15, 0.2) is 0 Å². The Hall–Kier alpha value is -2.27. The highest BCUT2D eigenvalue weighted by Gasteiger charge is 2.29. The van der Waals surface area contributed by atoms with Crippen LogP contribution in [0.4, 0.5) is 0 Å². The number of hydrogen-bond acceptors (Lipinski definition) is 4. The molecule has 0 bridgehead atoms. The Kier molecular flexibility index (Phi) is 5.19. The first-order chi connectivity index (χ1) is 13.4. The average Bonchev–Trinajstić information content (AvgIpc) is 3.11. The van der Waals surface area contributed by atoms with Crippen molar-refractivity contribution in [2.45, 2.75) is 46.1 Å². The summed E-state index contributed by atoms with van der Waals surface area (Å²) in [5.74, 6) is 0.771. The Morgan fingerprint density at radius 1 is 1.18 bits per heavy atom. The lowest BCUT2D eigenvalue weighted by Gasteiger charge is -2.28. The molecule has 5 heteroatoms. The van der Waals surface area contributed by atoms with Gasteiger partial charge in [0, 0.05) is 50.2 Å². The van der Waals surface area contributed by atoms with E-state index < -0.39 is 0 Å². The van der Waals surface area contributed by atoms with Gasteiger partial charge in [0.05, 0.1) is 11.3 Å². The third-order valence-corrected chi connectivity index (χ3v) is 6.27. The predicted octanol–water partition coefficient (Wildman–Crippen LogP) is 3.35. The van der Waals surface area contributed by atoms with Gasteiger partial charge in [-0.2, -0.15) is 0 Å². The fourth-order valence-electron chi connectivity index (χ4n) is 4.67. The van der Waals surface area contributed by atoms with E-state index in [2.05, 4.69) is 53.8 Å². The summed E-state index contributed by atoms with van der Waals surface area (Å²) in [6, 6.07) is 6.79. The summed E-state index contributed by atoms with van der Waals surface area (Å²) >= 11 is 0. The van der Waals surface area contributed by atoms with E-state index in [0.717, 1.165) is 60.7 Å². The molecule has 5 nitrogen and oxygen atoms in total. The molecule has 0 unspecified atom stereocenters. The van der Waals surface area contributed by atoms with Crippen LogP contribution in [0.25, 0.3) is 0 Å². The van der Waals surface area contributed by atoms with Crippen LogP contribution in [0, 0.1) is 19.8 Å². The summed E-state index contributed by atoms with van der Waals surface area (Å²) in [6.07, 6.45) is 5.15. The zero-order valence-electron chi connectivity index (χ0n) is 17.4. The van der Waals surface area contributed by atoms with Crippen LogP contribution in [0.2, 0.25) is 0 Å². The van der Waals surface area contributed by atoms with Crippen molar-refractivity contribution < 1.29 is 4.79 Å². The molecule has 1 fully saturated rings. The largest absolute Gasteiger partial charge is 0.341 e. The highest BCUT2D eigenvalue weighted by atomic mass is 16.2. The van der Waals surface area contributed by atoms with Crippen LogP contribution in [0.5, 0.6) is 0 Å². The number of carbonyl (C=O) groups is 1. The van der Waals surface area contributed by atoms with Gasteiger partial charge in [-0.1, -0.05) is 0 Å². The Bertz CT molecular complexity index is 874. The van der Waals surface area contributed by atoms with Crippen molar-refractivity contribution in [3.8, 4) is 0 Å². The minimum atomic E-state index is 0.102. The molecule has 0 aliphatic carbocycles. The zero-order chi connectivity index (χ0) is 19.8. The van der Waals surface area contributed by atoms with E-state index in [0.29, 0.717) is 5.92 Å². The van der Waals surface area contributed by atoms with Gasteiger partial charge in [0.1, 0.15) is 0 Å². The van der Waals surface area contributed by atoms with E-state index in [-0.39, 0.29) is 11.9 Å². The number of amides is 1. The number of fused-ring (bicyclic) bond motifs is 1. The number of nitrogens with zero attached hydrogens (tertiary/aromatic N) is 4. The molecule has 2 aliphatic heterocycles. The highest BCUT2D eigenvalue weighted by molar-refractivity contribution is 5.96. The second kappa shape index (κ2) is 7.63. The summed E-state index contributed by atoms with van der Waals surface area (Å²) in [4.78, 5) is 25.9. The maximum absolute atomic E-state index is 12.5. The number of pyridine rings is 2. The van der Waals surface area contributed by atoms with Crippen molar-refractivity contribution in [2.75, 3.05) is 26.7 Å².